The van der Waals surface area contributed by atoms with Crippen LogP contribution < -0.4 is 4.74 Å². The van der Waals surface area contributed by atoms with E-state index in [1.807, 2.05) is 12.1 Å². The highest BCUT2D eigenvalue weighted by Gasteiger charge is 2.04. The first-order valence-corrected chi connectivity index (χ1v) is 6.74. The molecule has 2 aromatic carbocycles. The van der Waals surface area contributed by atoms with Gasteiger partial charge in [-0.15, -0.1) is 0 Å². The summed E-state index contributed by atoms with van der Waals surface area (Å²) < 4.78 is 5.04. The first-order valence-electron chi connectivity index (χ1n) is 5.98. The molecule has 0 spiro atoms. The number of carbonyl (C=O) groups is 1. The molecular weight excluding hydrogens is 313 g/mol. The number of nitrogens with zero attached hydrogens (tertiary/aromatic N) is 1. The molecule has 0 saturated carbocycles. The van der Waals surface area contributed by atoms with Crippen molar-refractivity contribution in [3.63, 3.8) is 0 Å². The maximum absolute atomic E-state index is 10.4. The van der Waals surface area contributed by atoms with E-state index in [0.717, 1.165) is 11.3 Å². The number of rotatable bonds is 5. The van der Waals surface area contributed by atoms with Crippen molar-refractivity contribution in [2.45, 2.75) is 0 Å². The lowest BCUT2D eigenvalue weighted by atomic mass is 10.2. The molecule has 21 heavy (non-hydrogen) atoms. The lowest BCUT2D eigenvalue weighted by molar-refractivity contribution is -0.139. The van der Waals surface area contributed by atoms with Gasteiger partial charge in [0.1, 0.15) is 5.75 Å². The second-order valence-electron chi connectivity index (χ2n) is 4.11. The predicted octanol–water partition coefficient (Wildman–Crippen LogP) is 4.21. The van der Waals surface area contributed by atoms with Crippen molar-refractivity contribution in [1.82, 2.24) is 0 Å². The summed E-state index contributed by atoms with van der Waals surface area (Å²) in [5, 5.41) is 9.49. The van der Waals surface area contributed by atoms with Gasteiger partial charge in [-0.05, 0) is 42.0 Å². The lowest BCUT2D eigenvalue weighted by Gasteiger charge is -2.05. The topological polar surface area (TPSA) is 58.9 Å². The number of hydrogen-bond acceptors (Lipinski definition) is 3. The molecule has 0 heterocycles. The summed E-state index contributed by atoms with van der Waals surface area (Å²) in [6.07, 6.45) is 1.64. The predicted molar refractivity (Wildman–Crippen MR) is 83.3 cm³/mol. The van der Waals surface area contributed by atoms with Crippen molar-refractivity contribution < 1.29 is 14.6 Å². The zero-order valence-electron chi connectivity index (χ0n) is 10.8. The van der Waals surface area contributed by atoms with Gasteiger partial charge in [-0.25, -0.2) is 4.79 Å². The Morgan fingerprint density at radius 2 is 2.05 bits per heavy atom. The van der Waals surface area contributed by atoms with E-state index >= 15 is 0 Å². The van der Waals surface area contributed by atoms with E-state index in [2.05, 4.69) is 4.99 Å². The van der Waals surface area contributed by atoms with Gasteiger partial charge >= 0.3 is 5.97 Å². The normalized spacial score (nSPS) is 10.8. The average Bonchev–Trinajstić information content (AvgIpc) is 2.44. The monoisotopic (exact) mass is 323 g/mol. The van der Waals surface area contributed by atoms with Gasteiger partial charge in [0, 0.05) is 11.2 Å². The molecule has 0 bridgehead atoms. The van der Waals surface area contributed by atoms with Crippen LogP contribution >= 0.6 is 23.2 Å². The van der Waals surface area contributed by atoms with E-state index in [9.17, 15) is 4.79 Å². The Labute approximate surface area is 131 Å². The van der Waals surface area contributed by atoms with Crippen LogP contribution in [0.3, 0.4) is 0 Å². The van der Waals surface area contributed by atoms with Crippen LogP contribution in [-0.2, 0) is 4.79 Å². The smallest absolute Gasteiger partial charge is 0.341 e. The third kappa shape index (κ3) is 4.77. The van der Waals surface area contributed by atoms with Gasteiger partial charge in [-0.1, -0.05) is 29.3 Å². The summed E-state index contributed by atoms with van der Waals surface area (Å²) in [6, 6.07) is 12.1. The number of halogens is 2. The highest BCUT2D eigenvalue weighted by molar-refractivity contribution is 6.32. The quantitative estimate of drug-likeness (QED) is 0.838. The number of carboxylic acid groups (broad SMARTS) is 1. The largest absolute Gasteiger partial charge is 0.480 e. The number of benzene rings is 2. The Balaban J connectivity index is 2.11. The summed E-state index contributed by atoms with van der Waals surface area (Å²) in [4.78, 5) is 14.7. The van der Waals surface area contributed by atoms with E-state index in [1.165, 1.54) is 0 Å². The van der Waals surface area contributed by atoms with Crippen LogP contribution in [0.5, 0.6) is 5.75 Å². The van der Waals surface area contributed by atoms with Crippen LogP contribution in [0.1, 0.15) is 5.56 Å². The molecule has 0 aliphatic rings. The van der Waals surface area contributed by atoms with Gasteiger partial charge < -0.3 is 9.84 Å². The molecule has 0 fully saturated rings. The third-order valence-corrected chi connectivity index (χ3v) is 3.01. The van der Waals surface area contributed by atoms with Crippen molar-refractivity contribution in [3.8, 4) is 5.75 Å². The van der Waals surface area contributed by atoms with Crippen LogP contribution in [0.4, 0.5) is 5.69 Å². The van der Waals surface area contributed by atoms with Gasteiger partial charge in [0.15, 0.2) is 6.61 Å². The second-order valence-corrected chi connectivity index (χ2v) is 4.95. The molecule has 6 heteroatoms. The molecule has 0 saturated heterocycles. The minimum Gasteiger partial charge on any atom is -0.480 e. The van der Waals surface area contributed by atoms with Crippen LogP contribution in [0.2, 0.25) is 10.0 Å². The molecule has 2 rings (SSSR count). The van der Waals surface area contributed by atoms with Gasteiger partial charge in [-0.3, -0.25) is 4.99 Å². The first kappa shape index (κ1) is 15.4. The molecule has 108 valence electrons. The highest BCUT2D eigenvalue weighted by Crippen LogP contribution is 2.25. The second kappa shape index (κ2) is 7.11. The zero-order valence-corrected chi connectivity index (χ0v) is 12.3. The summed E-state index contributed by atoms with van der Waals surface area (Å²) in [6.45, 7) is -0.435. The van der Waals surface area contributed by atoms with E-state index in [0.29, 0.717) is 15.8 Å². The SMILES string of the molecule is O=C(O)COc1ccc(C=Nc2cccc(Cl)c2)cc1Cl. The molecule has 0 aliphatic heterocycles. The molecule has 0 unspecified atom stereocenters. The minimum atomic E-state index is -1.06. The lowest BCUT2D eigenvalue weighted by Crippen LogP contribution is -2.09. The number of aliphatic carboxylic acids is 1. The van der Waals surface area contributed by atoms with Gasteiger partial charge in [-0.2, -0.15) is 0 Å². The Kier molecular flexibility index (Phi) is 5.20. The first-order chi connectivity index (χ1) is 10.0. The summed E-state index contributed by atoms with van der Waals surface area (Å²) in [7, 11) is 0. The van der Waals surface area contributed by atoms with Crippen LogP contribution in [0.15, 0.2) is 47.5 Å². The van der Waals surface area contributed by atoms with E-state index in [-0.39, 0.29) is 0 Å². The zero-order chi connectivity index (χ0) is 15.2. The highest BCUT2D eigenvalue weighted by atomic mass is 35.5. The molecule has 0 radical (unpaired) electrons. The molecule has 1 N–H and O–H groups in total. The van der Waals surface area contributed by atoms with Gasteiger partial charge in [0.05, 0.1) is 10.7 Å². The molecular formula is C15H11Cl2NO3. The van der Waals surface area contributed by atoms with Gasteiger partial charge in [0.2, 0.25) is 0 Å². The van der Waals surface area contributed by atoms with Crippen molar-refractivity contribution >= 4 is 41.1 Å². The van der Waals surface area contributed by atoms with Crippen LogP contribution in [-0.4, -0.2) is 23.9 Å². The van der Waals surface area contributed by atoms with Crippen molar-refractivity contribution in [3.05, 3.63) is 58.1 Å². The maximum atomic E-state index is 10.4. The number of carboxylic acids is 1. The fourth-order valence-corrected chi connectivity index (χ4v) is 1.99. The Morgan fingerprint density at radius 1 is 1.24 bits per heavy atom. The van der Waals surface area contributed by atoms with Crippen LogP contribution in [0, 0.1) is 0 Å². The van der Waals surface area contributed by atoms with Gasteiger partial charge in [0.25, 0.3) is 0 Å². The van der Waals surface area contributed by atoms with E-state index < -0.39 is 12.6 Å². The van der Waals surface area contributed by atoms with E-state index in [1.54, 1.807) is 36.5 Å². The number of ether oxygens (including phenoxy) is 1. The molecule has 4 nitrogen and oxygen atoms in total. The summed E-state index contributed by atoms with van der Waals surface area (Å²) in [5.74, 6) is -0.739. The maximum Gasteiger partial charge on any atom is 0.341 e. The Hall–Kier alpha value is -2.04. The fraction of sp³-hybridized carbons (Fsp3) is 0.0667. The summed E-state index contributed by atoms with van der Waals surface area (Å²) in [5.41, 5.74) is 1.49. The Bertz CT molecular complexity index is 686. The third-order valence-electron chi connectivity index (χ3n) is 2.48. The molecule has 0 aromatic heterocycles. The van der Waals surface area contributed by atoms with Crippen LogP contribution in [0.25, 0.3) is 0 Å². The fourth-order valence-electron chi connectivity index (χ4n) is 1.56. The molecule has 0 aliphatic carbocycles. The average molecular weight is 324 g/mol. The molecule has 0 atom stereocenters. The number of hydrogen-bond donors (Lipinski definition) is 1. The minimum absolute atomic E-state index is 0.318. The summed E-state index contributed by atoms with van der Waals surface area (Å²) >= 11 is 11.9. The van der Waals surface area contributed by atoms with E-state index in [4.69, 9.17) is 33.0 Å². The van der Waals surface area contributed by atoms with Crippen molar-refractivity contribution in [1.29, 1.82) is 0 Å². The molecule has 2 aromatic rings. The van der Waals surface area contributed by atoms with Crippen molar-refractivity contribution in [2.24, 2.45) is 4.99 Å². The number of aliphatic imine (C=N–C) groups is 1. The standard InChI is InChI=1S/C15H11Cl2NO3/c16-11-2-1-3-12(7-11)18-8-10-4-5-14(13(17)6-10)21-9-15(19)20/h1-8H,9H2,(H,19,20). The Morgan fingerprint density at radius 3 is 2.71 bits per heavy atom. The molecule has 0 amide bonds. The van der Waals surface area contributed by atoms with Crippen molar-refractivity contribution in [2.75, 3.05) is 6.61 Å².